The van der Waals surface area contributed by atoms with E-state index < -0.39 is 10.0 Å². The summed E-state index contributed by atoms with van der Waals surface area (Å²) in [6, 6.07) is 4.06. The Hall–Kier alpha value is -1.43. The van der Waals surface area contributed by atoms with Gasteiger partial charge in [0.25, 0.3) is 0 Å². The number of aromatic hydroxyl groups is 1. The molecule has 0 bridgehead atoms. The van der Waals surface area contributed by atoms with E-state index in [0.29, 0.717) is 0 Å². The molecule has 1 aliphatic heterocycles. The Labute approximate surface area is 74.3 Å². The molecule has 0 saturated carbocycles. The third-order valence-corrected chi connectivity index (χ3v) is 3.55. The molecule has 0 spiro atoms. The molecule has 0 unspecified atom stereocenters. The lowest BCUT2D eigenvalue weighted by atomic mass is 10.2. The van der Waals surface area contributed by atoms with E-state index in [-0.39, 0.29) is 26.9 Å². The molecule has 1 aromatic carbocycles. The largest absolute Gasteiger partial charge is 0.507 e. The van der Waals surface area contributed by atoms with Crippen molar-refractivity contribution in [3.05, 3.63) is 28.7 Å². The van der Waals surface area contributed by atoms with Crippen molar-refractivity contribution in [2.45, 2.75) is 11.4 Å². The Kier molecular flexibility index (Phi) is 1.44. The zero-order valence-corrected chi connectivity index (χ0v) is 7.28. The molecule has 0 aromatic heterocycles. The maximum atomic E-state index is 11.2. The van der Waals surface area contributed by atoms with E-state index in [1.807, 2.05) is 0 Å². The summed E-state index contributed by atoms with van der Waals surface area (Å²) in [6.07, 6.45) is 0. The number of rotatable bonds is 0. The van der Waals surface area contributed by atoms with E-state index in [1.54, 1.807) is 0 Å². The highest BCUT2D eigenvalue weighted by Crippen LogP contribution is 2.32. The molecule has 6 heteroatoms. The van der Waals surface area contributed by atoms with Crippen molar-refractivity contribution < 1.29 is 17.7 Å². The minimum Gasteiger partial charge on any atom is -0.507 e. The van der Waals surface area contributed by atoms with E-state index >= 15 is 0 Å². The minimum absolute atomic E-state index is 0.0304. The van der Waals surface area contributed by atoms with Crippen LogP contribution in [0.25, 0.3) is 0 Å². The van der Waals surface area contributed by atoms with Gasteiger partial charge in [0.1, 0.15) is 14.8 Å². The van der Waals surface area contributed by atoms with E-state index in [4.69, 9.17) is 0 Å². The van der Waals surface area contributed by atoms with Crippen LogP contribution in [0.2, 0.25) is 0 Å². The highest BCUT2D eigenvalue weighted by molar-refractivity contribution is 7.85. The second-order valence-corrected chi connectivity index (χ2v) is 4.52. The maximum Gasteiger partial charge on any atom is 0.438 e. The van der Waals surface area contributed by atoms with Crippen molar-refractivity contribution in [2.24, 2.45) is 0 Å². The SMILES string of the molecule is O=[N+]1Cc2c(O)cccc2S1(=O)=O. The van der Waals surface area contributed by atoms with Gasteiger partial charge in [-0.05, 0) is 12.1 Å². The first-order chi connectivity index (χ1) is 6.03. The predicted molar refractivity (Wildman–Crippen MR) is 42.6 cm³/mol. The second-order valence-electron chi connectivity index (χ2n) is 2.72. The van der Waals surface area contributed by atoms with Crippen molar-refractivity contribution in [1.82, 2.24) is 0 Å². The fourth-order valence-corrected chi connectivity index (χ4v) is 2.53. The summed E-state index contributed by atoms with van der Waals surface area (Å²) in [5.41, 5.74) is 0.178. The molecule has 5 nitrogen and oxygen atoms in total. The summed E-state index contributed by atoms with van der Waals surface area (Å²) in [5, 5.41) is 9.25. The van der Waals surface area contributed by atoms with Gasteiger partial charge < -0.3 is 5.11 Å². The number of phenols is 1. The Morgan fingerprint density at radius 2 is 2.08 bits per heavy atom. The molecule has 2 rings (SSSR count). The van der Waals surface area contributed by atoms with E-state index in [0.717, 1.165) is 0 Å². The minimum atomic E-state index is -3.89. The van der Waals surface area contributed by atoms with Crippen LogP contribution in [-0.4, -0.2) is 17.7 Å². The van der Waals surface area contributed by atoms with Gasteiger partial charge in [0.15, 0.2) is 0 Å². The molecule has 1 N–H and O–H groups in total. The number of phenolic OH excluding ortho intramolecular Hbond substituents is 1. The van der Waals surface area contributed by atoms with Crippen molar-refractivity contribution >= 4 is 10.0 Å². The second kappa shape index (κ2) is 2.29. The molecule has 1 aliphatic rings. The molecule has 0 fully saturated rings. The highest BCUT2D eigenvalue weighted by atomic mass is 32.2. The predicted octanol–water partition coefficient (Wildman–Crippen LogP) is 0.373. The van der Waals surface area contributed by atoms with Crippen molar-refractivity contribution in [3.63, 3.8) is 0 Å². The number of sulfonamides is 1. The zero-order valence-electron chi connectivity index (χ0n) is 6.47. The van der Waals surface area contributed by atoms with Gasteiger partial charge in [-0.25, -0.2) is 0 Å². The van der Waals surface area contributed by atoms with E-state index in [9.17, 15) is 18.4 Å². The maximum absolute atomic E-state index is 11.2. The van der Waals surface area contributed by atoms with E-state index in [2.05, 4.69) is 0 Å². The molecule has 1 aromatic rings. The summed E-state index contributed by atoms with van der Waals surface area (Å²) in [5.74, 6) is -0.153. The Morgan fingerprint density at radius 1 is 1.38 bits per heavy atom. The summed E-state index contributed by atoms with van der Waals surface area (Å²) in [6.45, 7) is -0.301. The van der Waals surface area contributed by atoms with Crippen LogP contribution in [0.4, 0.5) is 0 Å². The molecular weight excluding hydrogens is 194 g/mol. The number of hydrogen-bond acceptors (Lipinski definition) is 4. The van der Waals surface area contributed by atoms with Crippen LogP contribution in [0.15, 0.2) is 23.1 Å². The number of nitroso groups, excluding NO2 is 1. The third-order valence-electron chi connectivity index (χ3n) is 1.94. The molecule has 68 valence electrons. The van der Waals surface area contributed by atoms with Crippen molar-refractivity contribution in [2.75, 3.05) is 0 Å². The van der Waals surface area contributed by atoms with Crippen LogP contribution >= 0.6 is 0 Å². The lowest BCUT2D eigenvalue weighted by Gasteiger charge is -1.92. The van der Waals surface area contributed by atoms with Crippen LogP contribution in [0.3, 0.4) is 0 Å². The number of benzene rings is 1. The van der Waals surface area contributed by atoms with Gasteiger partial charge in [-0.1, -0.05) is 6.07 Å². The lowest BCUT2D eigenvalue weighted by molar-refractivity contribution is -0.400. The van der Waals surface area contributed by atoms with E-state index in [1.165, 1.54) is 18.2 Å². The highest BCUT2D eigenvalue weighted by Gasteiger charge is 2.44. The third kappa shape index (κ3) is 0.951. The summed E-state index contributed by atoms with van der Waals surface area (Å²) in [4.78, 5) is 10.8. The lowest BCUT2D eigenvalue weighted by Crippen LogP contribution is -2.08. The van der Waals surface area contributed by atoms with Gasteiger partial charge >= 0.3 is 10.0 Å². The van der Waals surface area contributed by atoms with Gasteiger partial charge in [0, 0.05) is 4.91 Å². The van der Waals surface area contributed by atoms with Crippen molar-refractivity contribution in [1.29, 1.82) is 0 Å². The fraction of sp³-hybridized carbons (Fsp3) is 0.143. The summed E-state index contributed by atoms with van der Waals surface area (Å²) < 4.78 is 22.4. The smallest absolute Gasteiger partial charge is 0.438 e. The van der Waals surface area contributed by atoms with Crippen LogP contribution in [0.1, 0.15) is 5.56 Å². The Balaban J connectivity index is 2.83. The van der Waals surface area contributed by atoms with Crippen LogP contribution < -0.4 is 0 Å². The first-order valence-corrected chi connectivity index (χ1v) is 4.98. The van der Waals surface area contributed by atoms with Crippen LogP contribution in [0.5, 0.6) is 5.75 Å². The standard InChI is InChI=1S/C7H5NO4S/c9-6-2-1-3-7-5(6)4-8(10)13(7,11)12/h1-3H,4H2/p+1. The quantitative estimate of drug-likeness (QED) is 0.614. The monoisotopic (exact) mass is 200 g/mol. The molecular formula is C7H6NO4S+. The average Bonchev–Trinajstić information content (AvgIpc) is 2.28. The Morgan fingerprint density at radius 3 is 2.69 bits per heavy atom. The molecule has 1 heterocycles. The fourth-order valence-electron chi connectivity index (χ4n) is 1.28. The molecule has 0 atom stereocenters. The van der Waals surface area contributed by atoms with Gasteiger partial charge in [0.2, 0.25) is 6.54 Å². The molecule has 0 amide bonds. The first kappa shape index (κ1) is 8.18. The Bertz CT molecular complexity index is 491. The number of hydrogen-bond donors (Lipinski definition) is 1. The summed E-state index contributed by atoms with van der Waals surface area (Å²) in [7, 11) is -3.89. The number of nitrogens with zero attached hydrogens (tertiary/aromatic N) is 1. The summed E-state index contributed by atoms with van der Waals surface area (Å²) >= 11 is 0. The zero-order chi connectivity index (χ0) is 9.64. The molecule has 0 radical (unpaired) electrons. The topological polar surface area (TPSA) is 74.5 Å². The van der Waals surface area contributed by atoms with Crippen LogP contribution in [-0.2, 0) is 16.6 Å². The van der Waals surface area contributed by atoms with Crippen LogP contribution in [0, 0.1) is 4.91 Å². The first-order valence-electron chi connectivity index (χ1n) is 3.54. The molecule has 0 aliphatic carbocycles. The van der Waals surface area contributed by atoms with Gasteiger partial charge in [0.05, 0.1) is 5.56 Å². The normalized spacial score (nSPS) is 18.6. The molecule has 13 heavy (non-hydrogen) atoms. The van der Waals surface area contributed by atoms with Crippen molar-refractivity contribution in [3.8, 4) is 5.75 Å². The molecule has 0 saturated heterocycles. The average molecular weight is 200 g/mol. The van der Waals surface area contributed by atoms with Gasteiger partial charge in [-0.2, -0.15) is 8.42 Å². The van der Waals surface area contributed by atoms with Gasteiger partial charge in [-0.3, -0.25) is 0 Å². The number of fused-ring (bicyclic) bond motifs is 1. The van der Waals surface area contributed by atoms with Gasteiger partial charge in [-0.15, -0.1) is 0 Å².